The summed E-state index contributed by atoms with van der Waals surface area (Å²) >= 11 is 0. The lowest BCUT2D eigenvalue weighted by atomic mass is 10.3. The van der Waals surface area contributed by atoms with Gasteiger partial charge in [0, 0.05) is 13.1 Å². The predicted molar refractivity (Wildman–Crippen MR) is 87.4 cm³/mol. The van der Waals surface area contributed by atoms with Crippen molar-refractivity contribution in [1.82, 2.24) is 15.5 Å². The average Bonchev–Trinajstić information content (AvgIpc) is 2.53. The van der Waals surface area contributed by atoms with Crippen molar-refractivity contribution >= 4 is 6.03 Å². The summed E-state index contributed by atoms with van der Waals surface area (Å²) in [5, 5.41) is 5.46. The van der Waals surface area contributed by atoms with Crippen molar-refractivity contribution in [3.63, 3.8) is 0 Å². The minimum atomic E-state index is -0.224. The molecule has 2 amide bonds. The molecule has 0 bridgehead atoms. The number of likely N-dealkylation sites (N-methyl/N-ethyl adjacent to an activating group) is 1. The van der Waals surface area contributed by atoms with Crippen LogP contribution < -0.4 is 20.1 Å². The fourth-order valence-electron chi connectivity index (χ4n) is 1.91. The second-order valence-corrected chi connectivity index (χ2v) is 4.65. The van der Waals surface area contributed by atoms with Crippen LogP contribution in [0.15, 0.2) is 24.3 Å². The van der Waals surface area contributed by atoms with E-state index in [0.717, 1.165) is 25.4 Å². The van der Waals surface area contributed by atoms with Crippen LogP contribution in [0.2, 0.25) is 0 Å². The Hall–Kier alpha value is -1.95. The Morgan fingerprint density at radius 3 is 2.14 bits per heavy atom. The van der Waals surface area contributed by atoms with E-state index in [1.165, 1.54) is 0 Å². The van der Waals surface area contributed by atoms with E-state index < -0.39 is 0 Å². The first-order valence-corrected chi connectivity index (χ1v) is 7.79. The molecule has 0 aromatic heterocycles. The van der Waals surface area contributed by atoms with E-state index in [-0.39, 0.29) is 12.8 Å². The van der Waals surface area contributed by atoms with E-state index in [1.54, 1.807) is 0 Å². The van der Waals surface area contributed by atoms with Crippen molar-refractivity contribution in [2.45, 2.75) is 20.8 Å². The molecule has 1 aromatic carbocycles. The van der Waals surface area contributed by atoms with Gasteiger partial charge in [0.05, 0.1) is 6.61 Å². The van der Waals surface area contributed by atoms with Gasteiger partial charge in [-0.15, -0.1) is 0 Å². The summed E-state index contributed by atoms with van der Waals surface area (Å²) in [6.45, 7) is 10.4. The van der Waals surface area contributed by atoms with Crippen molar-refractivity contribution in [3.8, 4) is 11.5 Å². The third-order valence-corrected chi connectivity index (χ3v) is 3.21. The minimum absolute atomic E-state index is 0.130. The largest absolute Gasteiger partial charge is 0.494 e. The number of urea groups is 1. The highest BCUT2D eigenvalue weighted by atomic mass is 16.5. The summed E-state index contributed by atoms with van der Waals surface area (Å²) in [6.07, 6.45) is 0. The first kappa shape index (κ1) is 18.1. The molecule has 124 valence electrons. The molecule has 0 aliphatic carbocycles. The number of nitrogens with one attached hydrogen (secondary N) is 2. The smallest absolute Gasteiger partial charge is 0.317 e. The van der Waals surface area contributed by atoms with Gasteiger partial charge in [0.2, 0.25) is 0 Å². The molecule has 6 nitrogen and oxygen atoms in total. The summed E-state index contributed by atoms with van der Waals surface area (Å²) in [5.41, 5.74) is 0. The molecule has 6 heteroatoms. The van der Waals surface area contributed by atoms with Crippen molar-refractivity contribution in [2.75, 3.05) is 39.5 Å². The zero-order valence-electron chi connectivity index (χ0n) is 13.7. The van der Waals surface area contributed by atoms with E-state index in [0.29, 0.717) is 18.9 Å². The highest BCUT2D eigenvalue weighted by Crippen LogP contribution is 2.16. The van der Waals surface area contributed by atoms with Crippen LogP contribution in [0.5, 0.6) is 11.5 Å². The molecule has 0 aliphatic rings. The van der Waals surface area contributed by atoms with Gasteiger partial charge < -0.3 is 25.0 Å². The highest BCUT2D eigenvalue weighted by molar-refractivity contribution is 5.73. The fourth-order valence-corrected chi connectivity index (χ4v) is 1.91. The van der Waals surface area contributed by atoms with Crippen LogP contribution in [-0.4, -0.2) is 50.4 Å². The lowest BCUT2D eigenvalue weighted by molar-refractivity contribution is 0.221. The molecule has 0 heterocycles. The topological polar surface area (TPSA) is 62.8 Å². The summed E-state index contributed by atoms with van der Waals surface area (Å²) < 4.78 is 10.8. The normalized spacial score (nSPS) is 10.4. The van der Waals surface area contributed by atoms with Crippen LogP contribution in [0, 0.1) is 0 Å². The van der Waals surface area contributed by atoms with Gasteiger partial charge in [-0.25, -0.2) is 4.79 Å². The number of carbonyl (C=O) groups excluding carboxylic acids is 1. The average molecular weight is 309 g/mol. The number of benzene rings is 1. The lowest BCUT2D eigenvalue weighted by Crippen LogP contribution is -2.41. The Morgan fingerprint density at radius 1 is 1.00 bits per heavy atom. The molecule has 0 saturated heterocycles. The number of amides is 2. The van der Waals surface area contributed by atoms with Crippen LogP contribution in [0.3, 0.4) is 0 Å². The molecule has 0 fully saturated rings. The summed E-state index contributed by atoms with van der Waals surface area (Å²) in [6, 6.07) is 7.07. The van der Waals surface area contributed by atoms with Crippen molar-refractivity contribution in [3.05, 3.63) is 24.3 Å². The molecular formula is C16H27N3O3. The highest BCUT2D eigenvalue weighted by Gasteiger charge is 2.02. The van der Waals surface area contributed by atoms with Gasteiger partial charge in [0.15, 0.2) is 6.73 Å². The first-order chi connectivity index (χ1) is 10.7. The zero-order valence-corrected chi connectivity index (χ0v) is 13.7. The van der Waals surface area contributed by atoms with Gasteiger partial charge in [-0.2, -0.15) is 0 Å². The predicted octanol–water partition coefficient (Wildman–Crippen LogP) is 2.06. The van der Waals surface area contributed by atoms with Crippen LogP contribution in [0.4, 0.5) is 4.79 Å². The Morgan fingerprint density at radius 2 is 1.59 bits per heavy atom. The Balaban J connectivity index is 2.16. The van der Waals surface area contributed by atoms with Gasteiger partial charge in [0.25, 0.3) is 0 Å². The van der Waals surface area contributed by atoms with Gasteiger partial charge in [-0.3, -0.25) is 0 Å². The zero-order chi connectivity index (χ0) is 16.2. The van der Waals surface area contributed by atoms with Gasteiger partial charge in [0.1, 0.15) is 11.5 Å². The molecule has 1 aromatic rings. The van der Waals surface area contributed by atoms with Crippen LogP contribution in [0.25, 0.3) is 0 Å². The van der Waals surface area contributed by atoms with E-state index in [4.69, 9.17) is 9.47 Å². The summed E-state index contributed by atoms with van der Waals surface area (Å²) in [7, 11) is 0. The summed E-state index contributed by atoms with van der Waals surface area (Å²) in [5.74, 6) is 1.49. The van der Waals surface area contributed by atoms with Gasteiger partial charge in [-0.1, -0.05) is 13.8 Å². The Labute approximate surface area is 132 Å². The molecule has 0 unspecified atom stereocenters. The molecule has 0 atom stereocenters. The molecular weight excluding hydrogens is 282 g/mol. The number of hydrogen-bond acceptors (Lipinski definition) is 4. The molecule has 0 radical (unpaired) electrons. The number of carbonyl (C=O) groups is 1. The Kier molecular flexibility index (Phi) is 8.83. The molecule has 0 saturated carbocycles. The second kappa shape index (κ2) is 10.7. The maximum atomic E-state index is 11.6. The molecule has 0 aliphatic heterocycles. The lowest BCUT2D eigenvalue weighted by Gasteiger charge is -2.18. The molecule has 1 rings (SSSR count). The van der Waals surface area contributed by atoms with Crippen LogP contribution >= 0.6 is 0 Å². The monoisotopic (exact) mass is 309 g/mol. The van der Waals surface area contributed by atoms with Crippen molar-refractivity contribution in [2.24, 2.45) is 0 Å². The number of hydrogen-bond donors (Lipinski definition) is 2. The van der Waals surface area contributed by atoms with Crippen molar-refractivity contribution < 1.29 is 14.3 Å². The fraction of sp³-hybridized carbons (Fsp3) is 0.562. The molecule has 2 N–H and O–H groups in total. The van der Waals surface area contributed by atoms with Crippen LogP contribution in [-0.2, 0) is 0 Å². The van der Waals surface area contributed by atoms with E-state index in [1.807, 2.05) is 31.2 Å². The van der Waals surface area contributed by atoms with Crippen molar-refractivity contribution in [1.29, 1.82) is 0 Å². The van der Waals surface area contributed by atoms with Crippen LogP contribution in [0.1, 0.15) is 20.8 Å². The first-order valence-electron chi connectivity index (χ1n) is 7.79. The number of ether oxygens (including phenoxy) is 2. The number of nitrogens with zero attached hydrogens (tertiary/aromatic N) is 1. The van der Waals surface area contributed by atoms with E-state index in [2.05, 4.69) is 29.4 Å². The SMILES string of the molecule is CCOc1ccc(OCNC(=O)NCCN(CC)CC)cc1. The summed E-state index contributed by atoms with van der Waals surface area (Å²) in [4.78, 5) is 13.8. The molecule has 22 heavy (non-hydrogen) atoms. The maximum absolute atomic E-state index is 11.6. The number of rotatable bonds is 10. The Bertz CT molecular complexity index is 419. The molecule has 0 spiro atoms. The standard InChI is InChI=1S/C16H27N3O3/c1-4-19(5-2)12-11-17-16(20)18-13-22-15-9-7-14(8-10-15)21-6-3/h7-10H,4-6,11-13H2,1-3H3,(H2,17,18,20). The minimum Gasteiger partial charge on any atom is -0.494 e. The third kappa shape index (κ3) is 7.17. The van der Waals surface area contributed by atoms with E-state index >= 15 is 0 Å². The van der Waals surface area contributed by atoms with E-state index in [9.17, 15) is 4.79 Å². The maximum Gasteiger partial charge on any atom is 0.317 e. The van der Waals surface area contributed by atoms with Gasteiger partial charge >= 0.3 is 6.03 Å². The third-order valence-electron chi connectivity index (χ3n) is 3.21. The van der Waals surface area contributed by atoms with Gasteiger partial charge in [-0.05, 0) is 44.3 Å². The quantitative estimate of drug-likeness (QED) is 0.650. The second-order valence-electron chi connectivity index (χ2n) is 4.65.